The van der Waals surface area contributed by atoms with E-state index in [2.05, 4.69) is 66.9 Å². The number of unbranched alkanes of at least 4 members (excludes halogenated alkanes) is 1. The summed E-state index contributed by atoms with van der Waals surface area (Å²) in [6.07, 6.45) is 5.61. The molecule has 0 bridgehead atoms. The number of hydrogen-bond acceptors (Lipinski definition) is 7. The Morgan fingerprint density at radius 3 is 2.59 bits per heavy atom. The van der Waals surface area contributed by atoms with Gasteiger partial charge in [-0.25, -0.2) is 4.98 Å². The van der Waals surface area contributed by atoms with Gasteiger partial charge in [0, 0.05) is 61.8 Å². The molecular weight excluding hydrogens is 510 g/mol. The number of halogens is 1. The van der Waals surface area contributed by atoms with Crippen molar-refractivity contribution in [1.29, 1.82) is 0 Å². The lowest BCUT2D eigenvalue weighted by Gasteiger charge is -2.36. The van der Waals surface area contributed by atoms with Gasteiger partial charge in [0.05, 0.1) is 30.3 Å². The lowest BCUT2D eigenvalue weighted by molar-refractivity contribution is 0.256. The van der Waals surface area contributed by atoms with Crippen molar-refractivity contribution in [3.63, 3.8) is 0 Å². The fraction of sp³-hybridized carbons (Fsp3) is 0.367. The van der Waals surface area contributed by atoms with E-state index in [1.807, 2.05) is 30.8 Å². The number of rotatable bonds is 7. The molecule has 4 heterocycles. The number of nitrogens with zero attached hydrogens (tertiary/aromatic N) is 6. The molecule has 2 N–H and O–H groups in total. The van der Waals surface area contributed by atoms with Gasteiger partial charge in [0.2, 0.25) is 5.95 Å². The Morgan fingerprint density at radius 1 is 1.08 bits per heavy atom. The van der Waals surface area contributed by atoms with Gasteiger partial charge in [-0.15, -0.1) is 0 Å². The van der Waals surface area contributed by atoms with Crippen molar-refractivity contribution in [3.8, 4) is 17.6 Å². The summed E-state index contributed by atoms with van der Waals surface area (Å²) in [4.78, 5) is 18.3. The van der Waals surface area contributed by atoms with Gasteiger partial charge in [0.25, 0.3) is 0 Å². The topological polar surface area (TPSA) is 85.3 Å². The van der Waals surface area contributed by atoms with E-state index < -0.39 is 0 Å². The third-order valence-corrected chi connectivity index (χ3v) is 7.53. The number of para-hydroxylation sites is 1. The fourth-order valence-corrected chi connectivity index (χ4v) is 5.46. The first-order valence-corrected chi connectivity index (χ1v) is 13.6. The second kappa shape index (κ2) is 11.9. The van der Waals surface area contributed by atoms with Crippen LogP contribution in [0.15, 0.2) is 42.7 Å². The number of aromatic nitrogens is 4. The normalized spacial score (nSPS) is 13.9. The molecule has 0 saturated carbocycles. The fourth-order valence-electron chi connectivity index (χ4n) is 5.18. The number of piperazine rings is 1. The largest absolute Gasteiger partial charge is 0.496 e. The van der Waals surface area contributed by atoms with Crippen LogP contribution in [0, 0.1) is 25.7 Å². The molecule has 9 heteroatoms. The van der Waals surface area contributed by atoms with Crippen LogP contribution in [0.5, 0.6) is 5.75 Å². The lowest BCUT2D eigenvalue weighted by atomic mass is 10.1. The van der Waals surface area contributed by atoms with Crippen LogP contribution in [0.3, 0.4) is 0 Å². The predicted molar refractivity (Wildman–Crippen MR) is 158 cm³/mol. The molecule has 8 nitrogen and oxygen atoms in total. The van der Waals surface area contributed by atoms with E-state index in [1.54, 1.807) is 7.11 Å². The first-order chi connectivity index (χ1) is 18.9. The van der Waals surface area contributed by atoms with E-state index >= 15 is 0 Å². The van der Waals surface area contributed by atoms with E-state index in [0.717, 1.165) is 73.7 Å². The summed E-state index contributed by atoms with van der Waals surface area (Å²) in [5.74, 6) is 7.63. The average molecular weight is 544 g/mol. The molecule has 39 heavy (non-hydrogen) atoms. The van der Waals surface area contributed by atoms with Crippen LogP contribution >= 0.6 is 11.6 Å². The molecule has 1 fully saturated rings. The van der Waals surface area contributed by atoms with Gasteiger partial charge in [0.15, 0.2) is 0 Å². The predicted octanol–water partition coefficient (Wildman–Crippen LogP) is 4.69. The summed E-state index contributed by atoms with van der Waals surface area (Å²) in [5, 5.41) is 1.02. The minimum atomic E-state index is 0.130. The highest BCUT2D eigenvalue weighted by atomic mass is 35.5. The van der Waals surface area contributed by atoms with Crippen molar-refractivity contribution in [2.24, 2.45) is 0 Å². The van der Waals surface area contributed by atoms with Crippen molar-refractivity contribution < 1.29 is 4.74 Å². The van der Waals surface area contributed by atoms with Crippen molar-refractivity contribution in [2.75, 3.05) is 50.5 Å². The van der Waals surface area contributed by atoms with E-state index in [-0.39, 0.29) is 5.95 Å². The molecule has 202 valence electrons. The molecule has 0 unspecified atom stereocenters. The van der Waals surface area contributed by atoms with Crippen LogP contribution in [0.4, 0.5) is 11.6 Å². The first kappa shape index (κ1) is 26.8. The van der Waals surface area contributed by atoms with Gasteiger partial charge in [-0.1, -0.05) is 41.6 Å². The SMILES string of the molecule is COc1c(C)cnc(Cn2cc(C#CCCCN3CCN(c4ccccc4)CC3)c3c(Cl)nc(N)nc32)c1C. The Hall–Kier alpha value is -3.80. The number of nitrogen functional groups attached to an aromatic ring is 1. The van der Waals surface area contributed by atoms with E-state index in [9.17, 15) is 0 Å². The maximum Gasteiger partial charge on any atom is 0.223 e. The summed E-state index contributed by atoms with van der Waals surface area (Å²) in [5.41, 5.74) is 11.6. The highest BCUT2D eigenvalue weighted by molar-refractivity contribution is 6.34. The number of hydrogen-bond donors (Lipinski definition) is 1. The zero-order chi connectivity index (χ0) is 27.4. The van der Waals surface area contributed by atoms with Crippen LogP contribution in [0.2, 0.25) is 5.15 Å². The zero-order valence-electron chi connectivity index (χ0n) is 22.7. The van der Waals surface area contributed by atoms with Crippen molar-refractivity contribution in [1.82, 2.24) is 24.4 Å². The molecule has 3 aromatic heterocycles. The quantitative estimate of drug-likeness (QED) is 0.206. The van der Waals surface area contributed by atoms with Crippen LogP contribution in [-0.2, 0) is 6.54 Å². The molecule has 0 atom stereocenters. The third kappa shape index (κ3) is 5.95. The summed E-state index contributed by atoms with van der Waals surface area (Å²) in [6.45, 7) is 9.78. The maximum atomic E-state index is 6.52. The minimum Gasteiger partial charge on any atom is -0.496 e. The number of fused-ring (bicyclic) bond motifs is 1. The van der Waals surface area contributed by atoms with E-state index in [4.69, 9.17) is 22.1 Å². The number of pyridine rings is 1. The molecule has 1 saturated heterocycles. The summed E-state index contributed by atoms with van der Waals surface area (Å²) < 4.78 is 7.57. The van der Waals surface area contributed by atoms with Crippen LogP contribution in [0.25, 0.3) is 11.0 Å². The Balaban J connectivity index is 1.26. The maximum absolute atomic E-state index is 6.52. The van der Waals surface area contributed by atoms with Gasteiger partial charge < -0.3 is 19.9 Å². The van der Waals surface area contributed by atoms with Crippen LogP contribution in [-0.4, -0.2) is 64.3 Å². The molecule has 4 aromatic rings. The number of ether oxygens (including phenoxy) is 1. The molecule has 1 aromatic carbocycles. The molecule has 0 amide bonds. The van der Waals surface area contributed by atoms with Crippen LogP contribution < -0.4 is 15.4 Å². The second-order valence-corrected chi connectivity index (χ2v) is 10.2. The molecule has 0 spiro atoms. The molecular formula is C30H34ClN7O. The average Bonchev–Trinajstić information content (AvgIpc) is 3.28. The second-order valence-electron chi connectivity index (χ2n) is 9.86. The first-order valence-electron chi connectivity index (χ1n) is 13.3. The van der Waals surface area contributed by atoms with Crippen molar-refractivity contribution in [3.05, 3.63) is 70.3 Å². The Bertz CT molecular complexity index is 1520. The smallest absolute Gasteiger partial charge is 0.223 e. The summed E-state index contributed by atoms with van der Waals surface area (Å²) >= 11 is 6.52. The zero-order valence-corrected chi connectivity index (χ0v) is 23.5. The van der Waals surface area contributed by atoms with Crippen molar-refractivity contribution in [2.45, 2.75) is 33.2 Å². The number of nitrogens with two attached hydrogens (primary N) is 1. The third-order valence-electron chi connectivity index (χ3n) is 7.25. The van der Waals surface area contributed by atoms with E-state index in [0.29, 0.717) is 22.7 Å². The number of anilines is 2. The van der Waals surface area contributed by atoms with Gasteiger partial charge >= 0.3 is 0 Å². The van der Waals surface area contributed by atoms with Gasteiger partial charge in [-0.2, -0.15) is 4.98 Å². The Morgan fingerprint density at radius 2 is 1.85 bits per heavy atom. The summed E-state index contributed by atoms with van der Waals surface area (Å²) in [7, 11) is 1.68. The molecule has 5 rings (SSSR count). The van der Waals surface area contributed by atoms with Crippen molar-refractivity contribution >= 4 is 34.3 Å². The molecule has 1 aliphatic heterocycles. The van der Waals surface area contributed by atoms with Gasteiger partial charge in [0.1, 0.15) is 16.5 Å². The minimum absolute atomic E-state index is 0.130. The molecule has 1 aliphatic rings. The summed E-state index contributed by atoms with van der Waals surface area (Å²) in [6, 6.07) is 10.6. The van der Waals surface area contributed by atoms with Gasteiger partial charge in [-0.05, 0) is 38.9 Å². The Labute approximate surface area is 234 Å². The number of benzene rings is 1. The highest BCUT2D eigenvalue weighted by Crippen LogP contribution is 2.29. The molecule has 0 aliphatic carbocycles. The Kier molecular flexibility index (Phi) is 8.20. The van der Waals surface area contributed by atoms with Gasteiger partial charge in [-0.3, -0.25) is 9.88 Å². The number of aryl methyl sites for hydroxylation is 1. The lowest BCUT2D eigenvalue weighted by Crippen LogP contribution is -2.46. The van der Waals surface area contributed by atoms with E-state index in [1.165, 1.54) is 5.69 Å². The number of methoxy groups -OCH3 is 1. The highest BCUT2D eigenvalue weighted by Gasteiger charge is 2.18. The van der Waals surface area contributed by atoms with Crippen LogP contribution in [0.1, 0.15) is 35.2 Å². The monoisotopic (exact) mass is 543 g/mol. The molecule has 0 radical (unpaired) electrons. The standard InChI is InChI=1S/C30H34ClN7O/c1-21-18-33-25(22(2)27(21)39-3)20-38-19-23(26-28(31)34-30(32)35-29(26)38)10-6-5-9-13-36-14-16-37(17-15-36)24-11-7-4-8-12-24/h4,7-8,11-12,18-19H,5,9,13-17,20H2,1-3H3,(H2,32,34,35).